The van der Waals surface area contributed by atoms with Crippen LogP contribution < -0.4 is 0 Å². The van der Waals surface area contributed by atoms with Crippen LogP contribution in [-0.4, -0.2) is 53.7 Å². The molecule has 0 radical (unpaired) electrons. The second-order valence-electron chi connectivity index (χ2n) is 9.20. The van der Waals surface area contributed by atoms with Crippen LogP contribution in [-0.2, 0) is 16.3 Å². The molecular weight excluding hydrogens is 438 g/mol. The number of carbonyl (C=O) groups excluding carboxylic acids is 2. The van der Waals surface area contributed by atoms with Crippen LogP contribution >= 0.6 is 0 Å². The highest BCUT2D eigenvalue weighted by molar-refractivity contribution is 7.90. The summed E-state index contributed by atoms with van der Waals surface area (Å²) in [5, 5.41) is -0.146. The fraction of sp³-hybridized carbons (Fsp3) is 0.400. The molecule has 1 aliphatic heterocycles. The van der Waals surface area contributed by atoms with Gasteiger partial charge in [-0.05, 0) is 42.9 Å². The number of piperidine rings is 1. The lowest BCUT2D eigenvalue weighted by molar-refractivity contribution is 0.0647. The molecule has 1 fully saturated rings. The lowest BCUT2D eigenvalue weighted by Crippen LogP contribution is -2.40. The van der Waals surface area contributed by atoms with E-state index in [1.807, 2.05) is 24.3 Å². The highest BCUT2D eigenvalue weighted by Gasteiger charge is 2.31. The van der Waals surface area contributed by atoms with Gasteiger partial charge in [-0.2, -0.15) is 0 Å². The number of carbonyl (C=O) groups is 2. The molecule has 1 aliphatic rings. The first-order valence-corrected chi connectivity index (χ1v) is 13.1. The molecule has 4 rings (SSSR count). The first kappa shape index (κ1) is 23.2. The molecule has 1 aromatic carbocycles. The quantitative estimate of drug-likeness (QED) is 0.516. The van der Waals surface area contributed by atoms with Gasteiger partial charge in [0.2, 0.25) is 15.0 Å². The summed E-state index contributed by atoms with van der Waals surface area (Å²) in [4.78, 5) is 32.0. The number of ketones is 1. The summed E-state index contributed by atoms with van der Waals surface area (Å²) in [5.74, 6) is 0.243. The normalized spacial score (nSPS) is 15.3. The average molecular weight is 468 g/mol. The van der Waals surface area contributed by atoms with E-state index in [0.717, 1.165) is 12.7 Å². The third-order valence-corrected chi connectivity index (χ3v) is 7.04. The molecule has 0 unspecified atom stereocenters. The fourth-order valence-electron chi connectivity index (χ4n) is 4.44. The Kier molecular flexibility index (Phi) is 6.38. The van der Waals surface area contributed by atoms with Gasteiger partial charge in [0.1, 0.15) is 0 Å². The van der Waals surface area contributed by atoms with Crippen molar-refractivity contribution in [2.45, 2.75) is 38.3 Å². The van der Waals surface area contributed by atoms with Gasteiger partial charge < -0.3 is 4.90 Å². The van der Waals surface area contributed by atoms with E-state index in [0.29, 0.717) is 42.9 Å². The minimum atomic E-state index is -3.60. The third-order valence-electron chi connectivity index (χ3n) is 6.09. The zero-order chi connectivity index (χ0) is 23.8. The maximum Gasteiger partial charge on any atom is 0.274 e. The van der Waals surface area contributed by atoms with Crippen molar-refractivity contribution >= 4 is 27.0 Å². The van der Waals surface area contributed by atoms with Crippen LogP contribution in [0.2, 0.25) is 0 Å². The molecule has 0 bridgehead atoms. The topological polar surface area (TPSA) is 88.8 Å². The molecule has 0 saturated carbocycles. The second kappa shape index (κ2) is 9.09. The monoisotopic (exact) mass is 467 g/mol. The molecule has 1 saturated heterocycles. The van der Waals surface area contributed by atoms with Crippen molar-refractivity contribution in [3.05, 3.63) is 65.5 Å². The summed E-state index contributed by atoms with van der Waals surface area (Å²) in [6.07, 6.45) is 4.80. The van der Waals surface area contributed by atoms with Crippen LogP contribution in [0, 0.1) is 11.8 Å². The first-order chi connectivity index (χ1) is 15.6. The highest BCUT2D eigenvalue weighted by Crippen LogP contribution is 2.25. The van der Waals surface area contributed by atoms with Gasteiger partial charge in [-0.3, -0.25) is 14.0 Å². The number of imidazole rings is 1. The highest BCUT2D eigenvalue weighted by atomic mass is 32.2. The van der Waals surface area contributed by atoms with Crippen LogP contribution in [0.3, 0.4) is 0 Å². The van der Waals surface area contributed by atoms with Crippen LogP contribution in [0.25, 0.3) is 5.52 Å². The summed E-state index contributed by atoms with van der Waals surface area (Å²) in [7, 11) is -3.60. The van der Waals surface area contributed by atoms with Gasteiger partial charge in [0.15, 0.2) is 11.5 Å². The molecule has 8 heteroatoms. The van der Waals surface area contributed by atoms with Crippen LogP contribution in [0.5, 0.6) is 0 Å². The molecule has 0 aliphatic carbocycles. The maximum atomic E-state index is 13.2. The number of hydrogen-bond acceptors (Lipinski definition) is 5. The Hall–Kier alpha value is -3.00. The van der Waals surface area contributed by atoms with Crippen molar-refractivity contribution in [3.63, 3.8) is 0 Å². The lowest BCUT2D eigenvalue weighted by Gasteiger charge is -2.31. The fourth-order valence-corrected chi connectivity index (χ4v) is 5.21. The number of likely N-dealkylation sites (tertiary alicyclic amines) is 1. The molecule has 33 heavy (non-hydrogen) atoms. The standard InChI is InChI=1S/C25H29N3O4S/c1-17(2)16-18-7-9-19(10-8-18)23(29)20-11-14-27(15-12-20)24(30)22-21-6-4-5-13-28(21)25(26-22)33(3,31)32/h4-10,13,17,20H,11-12,14-16H2,1-3H3. The largest absolute Gasteiger partial charge is 0.337 e. The Morgan fingerprint density at radius 1 is 1.06 bits per heavy atom. The van der Waals surface area contributed by atoms with E-state index >= 15 is 0 Å². The summed E-state index contributed by atoms with van der Waals surface area (Å²) in [6.45, 7) is 5.20. The second-order valence-corrected chi connectivity index (χ2v) is 11.1. The van der Waals surface area contributed by atoms with E-state index in [1.165, 1.54) is 9.96 Å². The number of rotatable bonds is 6. The van der Waals surface area contributed by atoms with Crippen molar-refractivity contribution in [1.29, 1.82) is 0 Å². The lowest BCUT2D eigenvalue weighted by atomic mass is 9.88. The van der Waals surface area contributed by atoms with E-state index in [9.17, 15) is 18.0 Å². The Morgan fingerprint density at radius 2 is 1.73 bits per heavy atom. The number of nitrogens with zero attached hydrogens (tertiary/aromatic N) is 3. The van der Waals surface area contributed by atoms with Crippen molar-refractivity contribution in [2.24, 2.45) is 11.8 Å². The van der Waals surface area contributed by atoms with Crippen molar-refractivity contribution in [2.75, 3.05) is 19.3 Å². The van der Waals surface area contributed by atoms with Gasteiger partial charge in [-0.1, -0.05) is 44.2 Å². The SMILES string of the molecule is CC(C)Cc1ccc(C(=O)C2CCN(C(=O)c3nc(S(C)(=O)=O)n4ccccc34)CC2)cc1. The Morgan fingerprint density at radius 3 is 2.33 bits per heavy atom. The first-order valence-electron chi connectivity index (χ1n) is 11.2. The summed E-state index contributed by atoms with van der Waals surface area (Å²) < 4.78 is 25.7. The molecule has 3 aromatic rings. The Labute approximate surface area is 194 Å². The number of Topliss-reactive ketones (excluding diaryl/α,β-unsaturated/α-hetero) is 1. The van der Waals surface area contributed by atoms with Gasteiger partial charge in [-0.15, -0.1) is 0 Å². The average Bonchev–Trinajstić information content (AvgIpc) is 3.19. The van der Waals surface area contributed by atoms with Crippen LogP contribution in [0.1, 0.15) is 53.1 Å². The van der Waals surface area contributed by atoms with Gasteiger partial charge >= 0.3 is 0 Å². The van der Waals surface area contributed by atoms with Crippen LogP contribution in [0.15, 0.2) is 53.8 Å². The molecule has 2 aromatic heterocycles. The molecule has 0 atom stereocenters. The molecule has 3 heterocycles. The van der Waals surface area contributed by atoms with Crippen molar-refractivity contribution in [1.82, 2.24) is 14.3 Å². The van der Waals surface area contributed by atoms with Gasteiger partial charge in [-0.25, -0.2) is 13.4 Å². The van der Waals surface area contributed by atoms with E-state index in [4.69, 9.17) is 0 Å². The third kappa shape index (κ3) is 4.85. The van der Waals surface area contributed by atoms with E-state index in [2.05, 4.69) is 18.8 Å². The minimum absolute atomic E-state index is 0.116. The number of aromatic nitrogens is 2. The molecule has 0 N–H and O–H groups in total. The van der Waals surface area contributed by atoms with E-state index < -0.39 is 9.84 Å². The molecule has 7 nitrogen and oxygen atoms in total. The number of hydrogen-bond donors (Lipinski definition) is 0. The number of sulfone groups is 1. The Balaban J connectivity index is 1.46. The zero-order valence-electron chi connectivity index (χ0n) is 19.2. The molecule has 174 valence electrons. The Bertz CT molecular complexity index is 1280. The zero-order valence-corrected chi connectivity index (χ0v) is 20.0. The number of pyridine rings is 1. The molecule has 0 spiro atoms. The predicted molar refractivity (Wildman–Crippen MR) is 126 cm³/mol. The minimum Gasteiger partial charge on any atom is -0.337 e. The number of amides is 1. The van der Waals surface area contributed by atoms with Crippen LogP contribution in [0.4, 0.5) is 0 Å². The van der Waals surface area contributed by atoms with Crippen molar-refractivity contribution < 1.29 is 18.0 Å². The van der Waals surface area contributed by atoms with Gasteiger partial charge in [0, 0.05) is 37.0 Å². The number of fused-ring (bicyclic) bond motifs is 1. The van der Waals surface area contributed by atoms with E-state index in [1.54, 1.807) is 29.3 Å². The van der Waals surface area contributed by atoms with Gasteiger partial charge in [0.25, 0.3) is 5.91 Å². The molecular formula is C25H29N3O4S. The summed E-state index contributed by atoms with van der Waals surface area (Å²) >= 11 is 0. The summed E-state index contributed by atoms with van der Waals surface area (Å²) in [6, 6.07) is 13.0. The van der Waals surface area contributed by atoms with Crippen molar-refractivity contribution in [3.8, 4) is 0 Å². The van der Waals surface area contributed by atoms with Gasteiger partial charge in [0.05, 0.1) is 5.52 Å². The van der Waals surface area contributed by atoms with E-state index in [-0.39, 0.29) is 28.5 Å². The maximum absolute atomic E-state index is 13.2. The summed E-state index contributed by atoms with van der Waals surface area (Å²) in [5.41, 5.74) is 2.53. The predicted octanol–water partition coefficient (Wildman–Crippen LogP) is 3.67. The molecule has 1 amide bonds. The number of benzene rings is 1. The smallest absolute Gasteiger partial charge is 0.274 e.